The average molecular weight is 233 g/mol. The molecule has 0 heterocycles. The summed E-state index contributed by atoms with van der Waals surface area (Å²) in [6.07, 6.45) is 0. The molecule has 0 bridgehead atoms. The summed E-state index contributed by atoms with van der Waals surface area (Å²) in [5, 5.41) is 3.59. The lowest BCUT2D eigenvalue weighted by molar-refractivity contribution is 0.238. The Morgan fingerprint density at radius 3 is 2.41 bits per heavy atom. The van der Waals surface area contributed by atoms with E-state index in [1.54, 1.807) is 0 Å². The first-order chi connectivity index (χ1) is 7.84. The highest BCUT2D eigenvalue weighted by Gasteiger charge is 2.21. The van der Waals surface area contributed by atoms with E-state index in [0.717, 1.165) is 13.1 Å². The highest BCUT2D eigenvalue weighted by Crippen LogP contribution is 2.24. The van der Waals surface area contributed by atoms with Crippen molar-refractivity contribution < 1.29 is 0 Å². The van der Waals surface area contributed by atoms with Gasteiger partial charge in [-0.25, -0.2) is 0 Å². The molecule has 1 N–H and O–H groups in total. The average Bonchev–Trinajstić information content (AvgIpc) is 2.24. The van der Waals surface area contributed by atoms with Crippen molar-refractivity contribution in [2.75, 3.05) is 6.54 Å². The van der Waals surface area contributed by atoms with Crippen molar-refractivity contribution in [1.29, 1.82) is 0 Å². The molecule has 0 aliphatic rings. The van der Waals surface area contributed by atoms with Crippen LogP contribution in [0.1, 0.15) is 44.4 Å². The van der Waals surface area contributed by atoms with Crippen LogP contribution in [0.4, 0.5) is 0 Å². The first-order valence-corrected chi connectivity index (χ1v) is 6.60. The molecule has 0 aliphatic carbocycles. The van der Waals surface area contributed by atoms with Crippen molar-refractivity contribution in [2.45, 2.75) is 48.1 Å². The van der Waals surface area contributed by atoms with Crippen molar-refractivity contribution in [3.8, 4) is 0 Å². The second-order valence-corrected chi connectivity index (χ2v) is 6.11. The Morgan fingerprint density at radius 1 is 1.18 bits per heavy atom. The van der Waals surface area contributed by atoms with Gasteiger partial charge in [0.25, 0.3) is 0 Å². The van der Waals surface area contributed by atoms with Crippen molar-refractivity contribution in [2.24, 2.45) is 11.3 Å². The first kappa shape index (κ1) is 14.2. The summed E-state index contributed by atoms with van der Waals surface area (Å²) >= 11 is 0. The molecule has 17 heavy (non-hydrogen) atoms. The molecule has 1 nitrogen and oxygen atoms in total. The fourth-order valence-electron chi connectivity index (χ4n) is 1.73. The summed E-state index contributed by atoms with van der Waals surface area (Å²) in [6.45, 7) is 15.7. The van der Waals surface area contributed by atoms with Crippen LogP contribution in [0.3, 0.4) is 0 Å². The lowest BCUT2D eigenvalue weighted by Gasteiger charge is -2.29. The van der Waals surface area contributed by atoms with Crippen molar-refractivity contribution in [3.05, 3.63) is 34.9 Å². The standard InChI is InChI=1S/C16H27N/c1-12(2)16(5,6)11-17-10-15-9-7-8-13(3)14(15)4/h7-9,12,17H,10-11H2,1-6H3. The fourth-order valence-corrected chi connectivity index (χ4v) is 1.73. The van der Waals surface area contributed by atoms with Gasteiger partial charge in [-0.2, -0.15) is 0 Å². The Bertz CT molecular complexity index is 364. The number of hydrogen-bond acceptors (Lipinski definition) is 1. The van der Waals surface area contributed by atoms with Gasteiger partial charge in [-0.05, 0) is 41.9 Å². The minimum atomic E-state index is 0.359. The van der Waals surface area contributed by atoms with Crippen LogP contribution >= 0.6 is 0 Å². The summed E-state index contributed by atoms with van der Waals surface area (Å²) < 4.78 is 0. The maximum Gasteiger partial charge on any atom is 0.0208 e. The van der Waals surface area contributed by atoms with E-state index in [-0.39, 0.29) is 0 Å². The predicted molar refractivity (Wildman–Crippen MR) is 76.2 cm³/mol. The van der Waals surface area contributed by atoms with Crippen LogP contribution in [0, 0.1) is 25.2 Å². The Balaban J connectivity index is 2.55. The summed E-state index contributed by atoms with van der Waals surface area (Å²) in [4.78, 5) is 0. The maximum absolute atomic E-state index is 3.59. The van der Waals surface area contributed by atoms with Gasteiger partial charge in [0.2, 0.25) is 0 Å². The Labute approximate surface area is 107 Å². The summed E-state index contributed by atoms with van der Waals surface area (Å²) in [5.74, 6) is 0.702. The molecule has 0 saturated heterocycles. The lowest BCUT2D eigenvalue weighted by atomic mass is 9.81. The van der Waals surface area contributed by atoms with Crippen LogP contribution in [0.15, 0.2) is 18.2 Å². The van der Waals surface area contributed by atoms with Gasteiger partial charge in [0, 0.05) is 13.1 Å². The van der Waals surface area contributed by atoms with E-state index in [2.05, 4.69) is 65.1 Å². The smallest absolute Gasteiger partial charge is 0.0208 e. The van der Waals surface area contributed by atoms with Gasteiger partial charge in [-0.3, -0.25) is 0 Å². The highest BCUT2D eigenvalue weighted by molar-refractivity contribution is 5.32. The molecule has 0 spiro atoms. The quantitative estimate of drug-likeness (QED) is 0.808. The molecule has 0 fully saturated rings. The van der Waals surface area contributed by atoms with Crippen LogP contribution in [0.2, 0.25) is 0 Å². The van der Waals surface area contributed by atoms with Crippen LogP contribution in [0.5, 0.6) is 0 Å². The third kappa shape index (κ3) is 3.85. The molecule has 1 aromatic carbocycles. The number of rotatable bonds is 5. The van der Waals surface area contributed by atoms with E-state index >= 15 is 0 Å². The van der Waals surface area contributed by atoms with Crippen molar-refractivity contribution in [3.63, 3.8) is 0 Å². The minimum absolute atomic E-state index is 0.359. The Morgan fingerprint density at radius 2 is 1.82 bits per heavy atom. The van der Waals surface area contributed by atoms with E-state index in [9.17, 15) is 0 Å². The Kier molecular flexibility index (Phi) is 4.76. The molecule has 96 valence electrons. The van der Waals surface area contributed by atoms with Gasteiger partial charge in [0.15, 0.2) is 0 Å². The van der Waals surface area contributed by atoms with Gasteiger partial charge < -0.3 is 5.32 Å². The molecule has 1 rings (SSSR count). The maximum atomic E-state index is 3.59. The molecule has 0 aromatic heterocycles. The molecule has 0 amide bonds. The van der Waals surface area contributed by atoms with Crippen LogP contribution in [-0.2, 0) is 6.54 Å². The van der Waals surface area contributed by atoms with E-state index in [4.69, 9.17) is 0 Å². The van der Waals surface area contributed by atoms with Gasteiger partial charge in [0.05, 0.1) is 0 Å². The number of hydrogen-bond donors (Lipinski definition) is 1. The molecule has 0 aliphatic heterocycles. The molecule has 1 aromatic rings. The first-order valence-electron chi connectivity index (χ1n) is 6.60. The highest BCUT2D eigenvalue weighted by atomic mass is 14.9. The third-order valence-corrected chi connectivity index (χ3v) is 4.18. The van der Waals surface area contributed by atoms with Crippen LogP contribution in [0.25, 0.3) is 0 Å². The topological polar surface area (TPSA) is 12.0 Å². The zero-order valence-corrected chi connectivity index (χ0v) is 12.2. The SMILES string of the molecule is Cc1cccc(CNCC(C)(C)C(C)C)c1C. The van der Waals surface area contributed by atoms with E-state index in [0.29, 0.717) is 11.3 Å². The molecule has 0 radical (unpaired) electrons. The number of nitrogens with one attached hydrogen (secondary N) is 1. The second kappa shape index (κ2) is 5.68. The molecule has 0 saturated carbocycles. The summed E-state index contributed by atoms with van der Waals surface area (Å²) in [6, 6.07) is 6.54. The Hall–Kier alpha value is -0.820. The van der Waals surface area contributed by atoms with Gasteiger partial charge in [-0.15, -0.1) is 0 Å². The van der Waals surface area contributed by atoms with Crippen LogP contribution in [-0.4, -0.2) is 6.54 Å². The zero-order valence-electron chi connectivity index (χ0n) is 12.2. The molecule has 0 unspecified atom stereocenters. The predicted octanol–water partition coefficient (Wildman–Crippen LogP) is 4.08. The monoisotopic (exact) mass is 233 g/mol. The molecule has 1 heteroatoms. The van der Waals surface area contributed by atoms with Crippen molar-refractivity contribution >= 4 is 0 Å². The number of aryl methyl sites for hydroxylation is 1. The molecular formula is C16H27N. The van der Waals surface area contributed by atoms with E-state index in [1.165, 1.54) is 16.7 Å². The van der Waals surface area contributed by atoms with Gasteiger partial charge >= 0.3 is 0 Å². The lowest BCUT2D eigenvalue weighted by Crippen LogP contribution is -2.33. The van der Waals surface area contributed by atoms with Gasteiger partial charge in [-0.1, -0.05) is 45.9 Å². The van der Waals surface area contributed by atoms with E-state index < -0.39 is 0 Å². The van der Waals surface area contributed by atoms with Crippen molar-refractivity contribution in [1.82, 2.24) is 5.32 Å². The normalized spacial score (nSPS) is 12.2. The van der Waals surface area contributed by atoms with Gasteiger partial charge in [0.1, 0.15) is 0 Å². The zero-order chi connectivity index (χ0) is 13.1. The largest absolute Gasteiger partial charge is 0.312 e. The summed E-state index contributed by atoms with van der Waals surface area (Å²) in [7, 11) is 0. The second-order valence-electron chi connectivity index (χ2n) is 6.11. The van der Waals surface area contributed by atoms with Crippen LogP contribution < -0.4 is 5.32 Å². The molecule has 0 atom stereocenters. The molecular weight excluding hydrogens is 206 g/mol. The fraction of sp³-hybridized carbons (Fsp3) is 0.625. The third-order valence-electron chi connectivity index (χ3n) is 4.18. The minimum Gasteiger partial charge on any atom is -0.312 e. The number of benzene rings is 1. The summed E-state index contributed by atoms with van der Waals surface area (Å²) in [5.41, 5.74) is 4.58. The van der Waals surface area contributed by atoms with E-state index in [1.807, 2.05) is 0 Å².